The third-order valence-corrected chi connectivity index (χ3v) is 20.2. The van der Waals surface area contributed by atoms with Crippen LogP contribution in [0.5, 0.6) is 5.75 Å². The van der Waals surface area contributed by atoms with Crippen molar-refractivity contribution in [3.8, 4) is 27.4 Å². The second kappa shape index (κ2) is 20.9. The van der Waals surface area contributed by atoms with Gasteiger partial charge in [0.15, 0.2) is 11.6 Å². The molecule has 18 heteroatoms. The predicted octanol–water partition coefficient (Wildman–Crippen LogP) is 8.63. The number of aromatic hydroxyl groups is 1. The van der Waals surface area contributed by atoms with Gasteiger partial charge < -0.3 is 49.9 Å². The maximum atomic E-state index is 14.4. The molecule has 14 rings (SSSR count). The number of amides is 2. The van der Waals surface area contributed by atoms with Crippen molar-refractivity contribution < 1.29 is 24.3 Å². The number of hydrogen-bond donors (Lipinski definition) is 4. The fourth-order valence-electron chi connectivity index (χ4n) is 14.9. The molecule has 6 saturated heterocycles. The minimum Gasteiger partial charge on any atom is -0.508 e. The van der Waals surface area contributed by atoms with Gasteiger partial charge in [0.25, 0.3) is 0 Å². The summed E-state index contributed by atoms with van der Waals surface area (Å²) >= 11 is 1.60. The summed E-state index contributed by atoms with van der Waals surface area (Å²) < 4.78 is 5.96. The number of aromatic nitrogens is 5. The fourth-order valence-corrected chi connectivity index (χ4v) is 15.7. The van der Waals surface area contributed by atoms with Crippen molar-refractivity contribution in [1.29, 1.82) is 0 Å². The van der Waals surface area contributed by atoms with E-state index in [1.807, 2.05) is 81.9 Å². The summed E-state index contributed by atoms with van der Waals surface area (Å²) in [4.78, 5) is 61.2. The van der Waals surface area contributed by atoms with Gasteiger partial charge in [-0.25, -0.2) is 9.97 Å². The van der Waals surface area contributed by atoms with E-state index < -0.39 is 18.1 Å². The van der Waals surface area contributed by atoms with Crippen LogP contribution in [0.2, 0.25) is 0 Å². The summed E-state index contributed by atoms with van der Waals surface area (Å²) in [7, 11) is 0. The van der Waals surface area contributed by atoms with E-state index in [9.17, 15) is 19.8 Å². The van der Waals surface area contributed by atoms with E-state index in [4.69, 9.17) is 19.5 Å². The molecule has 422 valence electrons. The van der Waals surface area contributed by atoms with Gasteiger partial charge in [-0.05, 0) is 116 Å². The van der Waals surface area contributed by atoms with Gasteiger partial charge in [0.05, 0.1) is 44.8 Å². The first kappa shape index (κ1) is 52.4. The van der Waals surface area contributed by atoms with Crippen LogP contribution in [0.1, 0.15) is 112 Å². The molecule has 2 bridgehead atoms. The Kier molecular flexibility index (Phi) is 13.5. The van der Waals surface area contributed by atoms with Crippen LogP contribution in [0.25, 0.3) is 43.4 Å². The molecule has 3 aromatic carbocycles. The summed E-state index contributed by atoms with van der Waals surface area (Å²) in [5, 5.41) is 36.3. The topological polar surface area (TPSA) is 192 Å². The zero-order valence-electron chi connectivity index (χ0n) is 47.1. The molecule has 7 aromatic rings. The van der Waals surface area contributed by atoms with E-state index in [-0.39, 0.29) is 48.4 Å². The number of carbonyl (C=O) groups is 2. The largest absolute Gasteiger partial charge is 0.508 e. The third-order valence-electron chi connectivity index (χ3n) is 19.2. The summed E-state index contributed by atoms with van der Waals surface area (Å²) in [5.41, 5.74) is 10.1. The van der Waals surface area contributed by atoms with E-state index in [1.54, 1.807) is 16.2 Å². The van der Waals surface area contributed by atoms with Crippen molar-refractivity contribution in [2.75, 3.05) is 80.1 Å². The second-order valence-corrected chi connectivity index (χ2v) is 26.0. The number of aliphatic hydroxyl groups excluding tert-OH is 1. The highest BCUT2D eigenvalue weighted by atomic mass is 32.1. The number of rotatable bonds is 14. The molecule has 3 unspecified atom stereocenters. The van der Waals surface area contributed by atoms with Gasteiger partial charge in [-0.1, -0.05) is 68.4 Å². The zero-order chi connectivity index (χ0) is 55.4. The number of anilines is 3. The quantitative estimate of drug-likeness (QED) is 0.0809. The molecule has 4 N–H and O–H groups in total. The van der Waals surface area contributed by atoms with Crippen LogP contribution in [0.4, 0.5) is 17.6 Å². The Balaban J connectivity index is 0.576. The lowest BCUT2D eigenvalue weighted by atomic mass is 9.79. The normalized spacial score (nSPS) is 24.0. The number of nitrogens with one attached hydrogen (secondary N) is 2. The molecule has 7 atom stereocenters. The van der Waals surface area contributed by atoms with Crippen LogP contribution >= 0.6 is 11.3 Å². The number of carbonyl (C=O) groups excluding carboxylic acids is 2. The number of piperidine rings is 1. The van der Waals surface area contributed by atoms with Crippen LogP contribution < -0.4 is 25.3 Å². The molecule has 81 heavy (non-hydrogen) atoms. The van der Waals surface area contributed by atoms with Crippen molar-refractivity contribution in [3.05, 3.63) is 101 Å². The first-order chi connectivity index (χ1) is 39.3. The number of hydrogen-bond acceptors (Lipinski definition) is 16. The zero-order valence-corrected chi connectivity index (χ0v) is 47.9. The lowest BCUT2D eigenvalue weighted by Gasteiger charge is -2.45. The fraction of sp³-hybridized carbons (Fsp3) is 0.508. The molecule has 4 aromatic heterocycles. The highest BCUT2D eigenvalue weighted by Crippen LogP contribution is 2.49. The molecule has 6 aliphatic heterocycles. The average molecular weight is 1110 g/mol. The Morgan fingerprint density at radius 1 is 0.864 bits per heavy atom. The van der Waals surface area contributed by atoms with Gasteiger partial charge >= 0.3 is 0 Å². The van der Waals surface area contributed by atoms with Crippen molar-refractivity contribution in [2.24, 2.45) is 23.7 Å². The van der Waals surface area contributed by atoms with Crippen molar-refractivity contribution in [2.45, 2.75) is 115 Å². The molecule has 0 saturated carbocycles. The SMILES string of the molecule is Cc1ncsc1-c1ccc([C@H](C)NC(=O)[C@@H]2C[C@@H](O)CN2C(=O)[C@H](c2cc(N3CC(CC4CCN(CC5CN(c6nc(N7CC8CCC(C7)N8)c7cnc8c(c7n6)C(C)c6cccc7cc(O)cc-8c67)C5)CC4)C3)no2)C(C)C)cc1. The number of phenolic OH excluding ortho intramolecular Hbond substituents is 1. The average Bonchev–Trinajstić information content (AvgIpc) is 4.37. The molecule has 2 amide bonds. The van der Waals surface area contributed by atoms with E-state index >= 15 is 0 Å². The summed E-state index contributed by atoms with van der Waals surface area (Å²) in [5.74, 6) is 3.95. The van der Waals surface area contributed by atoms with E-state index in [2.05, 4.69) is 65.5 Å². The predicted molar refractivity (Wildman–Crippen MR) is 316 cm³/mol. The standard InChI is InChI=1S/C63H74N12O5S/c1-34(2)54(62(79)75-32-47(77)22-51(75)61(78)66-36(4)41-9-11-42(12-10-41)59-37(5)65-33-81-59)52-23-53(70-80-52)72-26-39(27-72)19-38-15-17-71(18-16-38)25-40-28-74(29-40)63-68-58-50(60(69-63)73-30-44-13-14-45(31-73)67-44)24-64-57-49-21-46(76)20-43-7-6-8-48(56(43)49)35(3)55(57)58/h6-12,20-21,23-24,33-36,38-40,44-45,47,51,54,67,76-77H,13-19,22,25-32H2,1-5H3,(H,66,78)/t35?,36-,44?,45?,47+,51-,54-/m0/s1. The number of likely N-dealkylation sites (tertiary alicyclic amines) is 2. The Labute approximate surface area is 477 Å². The number of phenols is 1. The molecule has 17 nitrogen and oxygen atoms in total. The molecular weight excluding hydrogens is 1040 g/mol. The Hall–Kier alpha value is -6.73. The molecular formula is C63H74N12O5S. The van der Waals surface area contributed by atoms with Crippen LogP contribution in [-0.4, -0.2) is 147 Å². The van der Waals surface area contributed by atoms with Gasteiger partial charge in [-0.3, -0.25) is 14.6 Å². The van der Waals surface area contributed by atoms with E-state index in [0.29, 0.717) is 35.6 Å². The number of piperazine rings is 1. The Morgan fingerprint density at radius 3 is 2.37 bits per heavy atom. The molecule has 10 heterocycles. The van der Waals surface area contributed by atoms with Crippen molar-refractivity contribution in [1.82, 2.24) is 45.5 Å². The minimum absolute atomic E-state index is 0.0754. The number of nitrogens with zero attached hydrogens (tertiary/aromatic N) is 10. The van der Waals surface area contributed by atoms with Gasteiger partial charge in [0, 0.05) is 106 Å². The summed E-state index contributed by atoms with van der Waals surface area (Å²) in [6.07, 6.45) is 7.38. The lowest BCUT2D eigenvalue weighted by molar-refractivity contribution is -0.141. The number of benzene rings is 3. The monoisotopic (exact) mass is 1110 g/mol. The maximum absolute atomic E-state index is 14.4. The smallest absolute Gasteiger partial charge is 0.243 e. The molecule has 0 spiro atoms. The number of β-amino-alcohol motifs (C(OH)–C–C–N with tert-alkyl or cyclic N) is 1. The summed E-state index contributed by atoms with van der Waals surface area (Å²) in [6.45, 7) is 19.2. The first-order valence-corrected chi connectivity index (χ1v) is 30.6. The van der Waals surface area contributed by atoms with Crippen LogP contribution in [0.15, 0.2) is 76.9 Å². The van der Waals surface area contributed by atoms with Gasteiger partial charge in [0.2, 0.25) is 17.8 Å². The Morgan fingerprint density at radius 2 is 1.63 bits per heavy atom. The maximum Gasteiger partial charge on any atom is 0.243 e. The number of aliphatic hydroxyl groups is 1. The van der Waals surface area contributed by atoms with Gasteiger partial charge in [-0.2, -0.15) is 4.98 Å². The number of fused-ring (bicyclic) bond motifs is 6. The number of pyridine rings is 1. The van der Waals surface area contributed by atoms with Gasteiger partial charge in [-0.15, -0.1) is 11.3 Å². The molecule has 7 aliphatic rings. The van der Waals surface area contributed by atoms with E-state index in [1.165, 1.54) is 37.7 Å². The lowest BCUT2D eigenvalue weighted by Crippen LogP contribution is -2.54. The molecule has 0 radical (unpaired) electrons. The molecule has 1 aliphatic carbocycles. The van der Waals surface area contributed by atoms with Crippen molar-refractivity contribution in [3.63, 3.8) is 0 Å². The first-order valence-electron chi connectivity index (χ1n) is 29.7. The highest BCUT2D eigenvalue weighted by molar-refractivity contribution is 7.13. The molecule has 6 fully saturated rings. The van der Waals surface area contributed by atoms with E-state index in [0.717, 1.165) is 137 Å². The van der Waals surface area contributed by atoms with Crippen molar-refractivity contribution >= 4 is 62.4 Å². The third kappa shape index (κ3) is 9.66. The Bertz CT molecular complexity index is 3520. The number of aryl methyl sites for hydroxylation is 1. The van der Waals surface area contributed by atoms with Gasteiger partial charge in [0.1, 0.15) is 23.5 Å². The second-order valence-electron chi connectivity index (χ2n) is 25.2. The van der Waals surface area contributed by atoms with Crippen LogP contribution in [-0.2, 0) is 9.59 Å². The summed E-state index contributed by atoms with van der Waals surface area (Å²) in [6, 6.07) is 20.0. The van der Waals surface area contributed by atoms with Crippen LogP contribution in [0, 0.1) is 30.6 Å². The van der Waals surface area contributed by atoms with Crippen LogP contribution in [0.3, 0.4) is 0 Å². The number of thiazole rings is 1. The highest BCUT2D eigenvalue weighted by Gasteiger charge is 2.45. The minimum atomic E-state index is -0.798.